The number of benzene rings is 1. The van der Waals surface area contributed by atoms with Gasteiger partial charge in [-0.3, -0.25) is 9.69 Å². The van der Waals surface area contributed by atoms with Crippen LogP contribution >= 0.6 is 22.9 Å². The van der Waals surface area contributed by atoms with Crippen molar-refractivity contribution < 1.29 is 23.1 Å². The number of alkyl halides is 2. The minimum atomic E-state index is -2.74. The summed E-state index contributed by atoms with van der Waals surface area (Å²) >= 11 is 7.01. The van der Waals surface area contributed by atoms with Crippen molar-refractivity contribution in [2.24, 2.45) is 0 Å². The third kappa shape index (κ3) is 4.65. The predicted octanol–water partition coefficient (Wildman–Crippen LogP) is 3.80. The molecule has 1 amide bonds. The molecule has 0 spiro atoms. The second-order valence-corrected chi connectivity index (χ2v) is 7.79. The number of hydrogen-bond donors (Lipinski definition) is 2. The maximum absolute atomic E-state index is 14.0. The summed E-state index contributed by atoms with van der Waals surface area (Å²) in [7, 11) is 0. The van der Waals surface area contributed by atoms with E-state index in [0.29, 0.717) is 30.8 Å². The number of aliphatic hydroxyl groups is 1. The lowest BCUT2D eigenvalue weighted by atomic mass is 10.0. The van der Waals surface area contributed by atoms with Gasteiger partial charge in [-0.25, -0.2) is 18.2 Å². The molecule has 2 heterocycles. The lowest BCUT2D eigenvalue weighted by Crippen LogP contribution is -2.43. The number of hydrogen-bond acceptors (Lipinski definition) is 5. The standard InChI is InChI=1S/C18H19ClF3N3O2S/c19-11-2-1-3-12(20)14(11)18(27)23-8-13(25-6-4-10(26)5-7-25)16-15(17(21)22)24-9-28-16/h1-3,9-10,13,17,26H,4-8H2,(H,23,27). The summed E-state index contributed by atoms with van der Waals surface area (Å²) in [6.07, 6.45) is -2.16. The van der Waals surface area contributed by atoms with Gasteiger partial charge in [-0.15, -0.1) is 11.3 Å². The summed E-state index contributed by atoms with van der Waals surface area (Å²) in [4.78, 5) is 18.5. The van der Waals surface area contributed by atoms with E-state index in [-0.39, 0.29) is 22.8 Å². The summed E-state index contributed by atoms with van der Waals surface area (Å²) < 4.78 is 40.7. The number of carbonyl (C=O) groups excluding carboxylic acids is 1. The molecular formula is C18H19ClF3N3O2S. The normalized spacial score (nSPS) is 17.1. The molecule has 0 radical (unpaired) electrons. The van der Waals surface area contributed by atoms with E-state index < -0.39 is 30.3 Å². The molecule has 1 aliphatic rings. The summed E-state index contributed by atoms with van der Waals surface area (Å²) in [6.45, 7) is 0.965. The van der Waals surface area contributed by atoms with Crippen LogP contribution in [0.4, 0.5) is 13.2 Å². The molecule has 5 nitrogen and oxygen atoms in total. The second-order valence-electron chi connectivity index (χ2n) is 6.49. The van der Waals surface area contributed by atoms with E-state index in [9.17, 15) is 23.1 Å². The number of nitrogens with one attached hydrogen (secondary N) is 1. The molecule has 152 valence electrons. The van der Waals surface area contributed by atoms with Crippen LogP contribution in [0, 0.1) is 5.82 Å². The van der Waals surface area contributed by atoms with E-state index in [1.165, 1.54) is 17.6 Å². The van der Waals surface area contributed by atoms with Crippen molar-refractivity contribution in [2.45, 2.75) is 31.4 Å². The summed E-state index contributed by atoms with van der Waals surface area (Å²) in [5.74, 6) is -1.47. The minimum absolute atomic E-state index is 0.0124. The highest BCUT2D eigenvalue weighted by Gasteiger charge is 2.31. The van der Waals surface area contributed by atoms with E-state index in [1.807, 2.05) is 4.90 Å². The Morgan fingerprint density at radius 3 is 2.75 bits per heavy atom. The molecule has 1 unspecified atom stereocenters. The molecule has 28 heavy (non-hydrogen) atoms. The molecule has 3 rings (SSSR count). The Hall–Kier alpha value is -1.68. The maximum atomic E-state index is 14.0. The smallest absolute Gasteiger partial charge is 0.281 e. The zero-order chi connectivity index (χ0) is 20.3. The molecule has 0 bridgehead atoms. The van der Waals surface area contributed by atoms with Gasteiger partial charge in [0.2, 0.25) is 0 Å². The Morgan fingerprint density at radius 2 is 2.11 bits per heavy atom. The molecule has 1 saturated heterocycles. The van der Waals surface area contributed by atoms with Crippen LogP contribution < -0.4 is 5.32 Å². The predicted molar refractivity (Wildman–Crippen MR) is 100 cm³/mol. The Morgan fingerprint density at radius 1 is 1.39 bits per heavy atom. The molecule has 1 fully saturated rings. The first-order valence-electron chi connectivity index (χ1n) is 8.74. The number of nitrogens with zero attached hydrogens (tertiary/aromatic N) is 2. The van der Waals surface area contributed by atoms with Crippen molar-refractivity contribution in [2.75, 3.05) is 19.6 Å². The molecule has 2 N–H and O–H groups in total. The Bertz CT molecular complexity index is 808. The van der Waals surface area contributed by atoms with E-state index in [4.69, 9.17) is 11.6 Å². The summed E-state index contributed by atoms with van der Waals surface area (Å²) in [6, 6.07) is 3.37. The monoisotopic (exact) mass is 433 g/mol. The van der Waals surface area contributed by atoms with Crippen LogP contribution in [0.3, 0.4) is 0 Å². The van der Waals surface area contributed by atoms with Crippen LogP contribution in [0.2, 0.25) is 5.02 Å². The van der Waals surface area contributed by atoms with Gasteiger partial charge in [0.25, 0.3) is 12.3 Å². The quantitative estimate of drug-likeness (QED) is 0.727. The van der Waals surface area contributed by atoms with E-state index in [0.717, 1.165) is 17.4 Å². The number of halogens is 4. The lowest BCUT2D eigenvalue weighted by molar-refractivity contribution is 0.0579. The first-order valence-corrected chi connectivity index (χ1v) is 10.00. The van der Waals surface area contributed by atoms with Gasteiger partial charge in [0, 0.05) is 19.6 Å². The van der Waals surface area contributed by atoms with E-state index in [2.05, 4.69) is 10.3 Å². The second kappa shape index (κ2) is 9.21. The van der Waals surface area contributed by atoms with Crippen molar-refractivity contribution in [3.63, 3.8) is 0 Å². The number of aromatic nitrogens is 1. The lowest BCUT2D eigenvalue weighted by Gasteiger charge is -2.36. The average molecular weight is 434 g/mol. The van der Waals surface area contributed by atoms with Crippen LogP contribution in [-0.2, 0) is 0 Å². The fourth-order valence-corrected chi connectivity index (χ4v) is 4.44. The molecule has 0 saturated carbocycles. The highest BCUT2D eigenvalue weighted by molar-refractivity contribution is 7.09. The van der Waals surface area contributed by atoms with E-state index in [1.54, 1.807) is 0 Å². The van der Waals surface area contributed by atoms with Gasteiger partial charge >= 0.3 is 0 Å². The number of aliphatic hydroxyl groups excluding tert-OH is 1. The van der Waals surface area contributed by atoms with Crippen molar-refractivity contribution in [1.82, 2.24) is 15.2 Å². The first kappa shape index (κ1) is 21.0. The number of amides is 1. The summed E-state index contributed by atoms with van der Waals surface area (Å²) in [5.41, 5.74) is 0.743. The number of carbonyl (C=O) groups is 1. The number of thiazole rings is 1. The van der Waals surface area contributed by atoms with Crippen LogP contribution in [0.25, 0.3) is 0 Å². The molecule has 2 aromatic rings. The molecule has 1 aromatic carbocycles. The maximum Gasteiger partial charge on any atom is 0.281 e. The van der Waals surface area contributed by atoms with Gasteiger partial charge in [-0.1, -0.05) is 17.7 Å². The van der Waals surface area contributed by atoms with Crippen LogP contribution in [0.15, 0.2) is 23.7 Å². The van der Waals surface area contributed by atoms with Gasteiger partial charge in [-0.05, 0) is 25.0 Å². The van der Waals surface area contributed by atoms with Crippen molar-refractivity contribution in [3.8, 4) is 0 Å². The molecular weight excluding hydrogens is 415 g/mol. The van der Waals surface area contributed by atoms with Crippen LogP contribution in [-0.4, -0.2) is 46.6 Å². The van der Waals surface area contributed by atoms with Gasteiger partial charge in [0.1, 0.15) is 11.5 Å². The van der Waals surface area contributed by atoms with Crippen LogP contribution in [0.5, 0.6) is 0 Å². The van der Waals surface area contributed by atoms with Gasteiger partial charge in [-0.2, -0.15) is 0 Å². The van der Waals surface area contributed by atoms with E-state index >= 15 is 0 Å². The minimum Gasteiger partial charge on any atom is -0.393 e. The number of piperidine rings is 1. The largest absolute Gasteiger partial charge is 0.393 e. The van der Waals surface area contributed by atoms with Crippen molar-refractivity contribution in [3.05, 3.63) is 50.7 Å². The third-order valence-corrected chi connectivity index (χ3v) is 5.98. The molecule has 1 aromatic heterocycles. The van der Waals surface area contributed by atoms with Crippen molar-refractivity contribution >= 4 is 28.8 Å². The Labute approximate surface area is 169 Å². The zero-order valence-electron chi connectivity index (χ0n) is 14.7. The van der Waals surface area contributed by atoms with Gasteiger partial charge in [0.05, 0.1) is 33.1 Å². The first-order chi connectivity index (χ1) is 13.4. The SMILES string of the molecule is O=C(NCC(c1scnc1C(F)F)N1CCC(O)CC1)c1c(F)cccc1Cl. The third-order valence-electron chi connectivity index (χ3n) is 4.72. The van der Waals surface area contributed by atoms with Gasteiger partial charge in [0.15, 0.2) is 0 Å². The molecule has 10 heteroatoms. The summed E-state index contributed by atoms with van der Waals surface area (Å²) in [5, 5.41) is 12.3. The number of likely N-dealkylation sites (tertiary alicyclic amines) is 1. The highest BCUT2D eigenvalue weighted by Crippen LogP contribution is 2.34. The Kier molecular flexibility index (Phi) is 6.92. The fourth-order valence-electron chi connectivity index (χ4n) is 3.25. The van der Waals surface area contributed by atoms with Crippen LogP contribution in [0.1, 0.15) is 46.2 Å². The zero-order valence-corrected chi connectivity index (χ0v) is 16.3. The molecule has 1 atom stereocenters. The molecule has 0 aliphatic carbocycles. The Balaban J connectivity index is 1.81. The van der Waals surface area contributed by atoms with Crippen molar-refractivity contribution in [1.29, 1.82) is 0 Å². The average Bonchev–Trinajstić information content (AvgIpc) is 3.13. The topological polar surface area (TPSA) is 65.5 Å². The number of rotatable bonds is 6. The van der Waals surface area contributed by atoms with Gasteiger partial charge < -0.3 is 10.4 Å². The highest BCUT2D eigenvalue weighted by atomic mass is 35.5. The fraction of sp³-hybridized carbons (Fsp3) is 0.444. The molecule has 1 aliphatic heterocycles.